The van der Waals surface area contributed by atoms with Gasteiger partial charge in [0.1, 0.15) is 11.3 Å². The summed E-state index contributed by atoms with van der Waals surface area (Å²) in [5, 5.41) is 9.09. The van der Waals surface area contributed by atoms with Crippen LogP contribution in [0.2, 0.25) is 0 Å². The molecule has 7 heteroatoms. The Hall–Kier alpha value is -1.60. The predicted molar refractivity (Wildman–Crippen MR) is 75.8 cm³/mol. The van der Waals surface area contributed by atoms with Gasteiger partial charge in [-0.1, -0.05) is 0 Å². The van der Waals surface area contributed by atoms with E-state index in [-0.39, 0.29) is 18.9 Å². The first-order chi connectivity index (χ1) is 9.37. The number of carbonyl (C=O) groups is 2. The van der Waals surface area contributed by atoms with Gasteiger partial charge < -0.3 is 20.5 Å². The third-order valence-corrected chi connectivity index (χ3v) is 4.11. The van der Waals surface area contributed by atoms with Gasteiger partial charge in [0.05, 0.1) is 12.7 Å². The van der Waals surface area contributed by atoms with Crippen molar-refractivity contribution in [3.8, 4) is 5.75 Å². The van der Waals surface area contributed by atoms with Crippen molar-refractivity contribution in [2.75, 3.05) is 20.2 Å². The maximum atomic E-state index is 12.4. The molecule has 0 aliphatic carbocycles. The Kier molecular flexibility index (Phi) is 4.01. The lowest BCUT2D eigenvalue weighted by molar-refractivity contribution is -0.142. The fraction of sp³-hybridized carbons (Fsp3) is 0.385. The molecule has 0 saturated carbocycles. The molecule has 0 bridgehead atoms. The maximum Gasteiger partial charge on any atom is 0.325 e. The molecule has 108 valence electrons. The van der Waals surface area contributed by atoms with Crippen LogP contribution in [0.25, 0.3) is 0 Å². The molecule has 1 aromatic carbocycles. The molecule has 1 amide bonds. The van der Waals surface area contributed by atoms with Gasteiger partial charge in [-0.05, 0) is 40.5 Å². The predicted octanol–water partition coefficient (Wildman–Crippen LogP) is 1.09. The summed E-state index contributed by atoms with van der Waals surface area (Å²) < 4.78 is 5.72. The normalized spacial score (nSPS) is 21.9. The standard InChI is InChI=1S/C13H15BrN2O4/c1-20-8-2-3-10(14)9(6-8)11(17)16-5-4-13(15,7-16)12(18)19/h2-3,6H,4-5,7,15H2,1H3,(H,18,19). The van der Waals surface area contributed by atoms with Crippen molar-refractivity contribution in [3.05, 3.63) is 28.2 Å². The smallest absolute Gasteiger partial charge is 0.325 e. The average molecular weight is 343 g/mol. The Morgan fingerprint density at radius 1 is 1.50 bits per heavy atom. The third kappa shape index (κ3) is 2.64. The molecule has 1 aliphatic rings. The van der Waals surface area contributed by atoms with Crippen molar-refractivity contribution >= 4 is 27.8 Å². The highest BCUT2D eigenvalue weighted by atomic mass is 79.9. The zero-order valence-electron chi connectivity index (χ0n) is 10.9. The number of benzene rings is 1. The van der Waals surface area contributed by atoms with Crippen LogP contribution in [-0.4, -0.2) is 47.6 Å². The van der Waals surface area contributed by atoms with Crippen LogP contribution in [0.1, 0.15) is 16.8 Å². The number of nitrogens with zero attached hydrogens (tertiary/aromatic N) is 1. The van der Waals surface area contributed by atoms with E-state index in [1.807, 2.05) is 0 Å². The van der Waals surface area contributed by atoms with E-state index in [4.69, 9.17) is 15.6 Å². The van der Waals surface area contributed by atoms with Crippen LogP contribution in [0.5, 0.6) is 5.75 Å². The number of carboxylic acids is 1. The monoisotopic (exact) mass is 342 g/mol. The summed E-state index contributed by atoms with van der Waals surface area (Å²) in [5.41, 5.74) is 4.84. The van der Waals surface area contributed by atoms with Gasteiger partial charge in [0.25, 0.3) is 5.91 Å². The molecule has 0 radical (unpaired) electrons. The van der Waals surface area contributed by atoms with E-state index in [0.717, 1.165) is 0 Å². The van der Waals surface area contributed by atoms with Crippen molar-refractivity contribution in [2.45, 2.75) is 12.0 Å². The molecular weight excluding hydrogens is 328 g/mol. The SMILES string of the molecule is COc1ccc(Br)c(C(=O)N2CCC(N)(C(=O)O)C2)c1. The summed E-state index contributed by atoms with van der Waals surface area (Å²) in [7, 11) is 1.52. The number of carbonyl (C=O) groups excluding carboxylic acids is 1. The lowest BCUT2D eigenvalue weighted by atomic mass is 10.0. The second-order valence-corrected chi connectivity index (χ2v) is 5.64. The summed E-state index contributed by atoms with van der Waals surface area (Å²) in [6.07, 6.45) is 0.246. The number of ether oxygens (including phenoxy) is 1. The van der Waals surface area contributed by atoms with Crippen LogP contribution >= 0.6 is 15.9 Å². The number of hydrogen-bond acceptors (Lipinski definition) is 4. The lowest BCUT2D eigenvalue weighted by Crippen LogP contribution is -2.50. The molecule has 1 aromatic rings. The molecule has 1 aliphatic heterocycles. The molecule has 0 aromatic heterocycles. The fourth-order valence-corrected chi connectivity index (χ4v) is 2.56. The summed E-state index contributed by atoms with van der Waals surface area (Å²) in [4.78, 5) is 25.0. The number of amides is 1. The Bertz CT molecular complexity index is 563. The molecule has 0 spiro atoms. The second kappa shape index (κ2) is 5.41. The Morgan fingerprint density at radius 2 is 2.20 bits per heavy atom. The van der Waals surface area contributed by atoms with Gasteiger partial charge in [0.2, 0.25) is 0 Å². The van der Waals surface area contributed by atoms with Gasteiger partial charge in [0.15, 0.2) is 0 Å². The van der Waals surface area contributed by atoms with Crippen LogP contribution in [0.3, 0.4) is 0 Å². The van der Waals surface area contributed by atoms with Gasteiger partial charge >= 0.3 is 5.97 Å². The van der Waals surface area contributed by atoms with Crippen LogP contribution in [0, 0.1) is 0 Å². The molecule has 2 rings (SSSR count). The van der Waals surface area contributed by atoms with Crippen LogP contribution in [-0.2, 0) is 4.79 Å². The van der Waals surface area contributed by atoms with Crippen LogP contribution in [0.4, 0.5) is 0 Å². The Morgan fingerprint density at radius 3 is 2.75 bits per heavy atom. The maximum absolute atomic E-state index is 12.4. The van der Waals surface area contributed by atoms with Crippen molar-refractivity contribution in [1.82, 2.24) is 4.90 Å². The van der Waals surface area contributed by atoms with Crippen LogP contribution < -0.4 is 10.5 Å². The minimum atomic E-state index is -1.36. The Labute approximate surface area is 124 Å². The third-order valence-electron chi connectivity index (χ3n) is 3.42. The zero-order chi connectivity index (χ0) is 14.9. The quantitative estimate of drug-likeness (QED) is 0.857. The van der Waals surface area contributed by atoms with Crippen molar-refractivity contribution in [2.24, 2.45) is 5.73 Å². The minimum absolute atomic E-state index is 0.00478. The zero-order valence-corrected chi connectivity index (χ0v) is 12.5. The fourth-order valence-electron chi connectivity index (χ4n) is 2.15. The number of nitrogens with two attached hydrogens (primary N) is 1. The van der Waals surface area contributed by atoms with E-state index in [1.54, 1.807) is 18.2 Å². The number of aliphatic carboxylic acids is 1. The van der Waals surface area contributed by atoms with E-state index in [9.17, 15) is 9.59 Å². The summed E-state index contributed by atoms with van der Waals surface area (Å²) in [6, 6.07) is 5.06. The van der Waals surface area contributed by atoms with E-state index in [0.29, 0.717) is 22.3 Å². The number of carboxylic acid groups (broad SMARTS) is 1. The van der Waals surface area contributed by atoms with Crippen molar-refractivity contribution in [3.63, 3.8) is 0 Å². The summed E-state index contributed by atoms with van der Waals surface area (Å²) in [6.45, 7) is 0.329. The highest BCUT2D eigenvalue weighted by Crippen LogP contribution is 2.27. The number of rotatable bonds is 3. The van der Waals surface area contributed by atoms with E-state index in [2.05, 4.69) is 15.9 Å². The molecule has 6 nitrogen and oxygen atoms in total. The molecular formula is C13H15BrN2O4. The molecule has 1 atom stereocenters. The van der Waals surface area contributed by atoms with Crippen molar-refractivity contribution < 1.29 is 19.4 Å². The Balaban J connectivity index is 2.23. The van der Waals surface area contributed by atoms with E-state index < -0.39 is 11.5 Å². The first-order valence-corrected chi connectivity index (χ1v) is 6.82. The van der Waals surface area contributed by atoms with E-state index in [1.165, 1.54) is 12.0 Å². The van der Waals surface area contributed by atoms with Crippen LogP contribution in [0.15, 0.2) is 22.7 Å². The molecule has 20 heavy (non-hydrogen) atoms. The molecule has 1 fully saturated rings. The molecule has 3 N–H and O–H groups in total. The topological polar surface area (TPSA) is 92.9 Å². The largest absolute Gasteiger partial charge is 0.497 e. The lowest BCUT2D eigenvalue weighted by Gasteiger charge is -2.20. The van der Waals surface area contributed by atoms with E-state index >= 15 is 0 Å². The average Bonchev–Trinajstić information content (AvgIpc) is 2.83. The molecule has 1 saturated heterocycles. The highest BCUT2D eigenvalue weighted by Gasteiger charge is 2.43. The first kappa shape index (κ1) is 14.8. The first-order valence-electron chi connectivity index (χ1n) is 6.02. The number of methoxy groups -OCH3 is 1. The van der Waals surface area contributed by atoms with Gasteiger partial charge in [-0.3, -0.25) is 9.59 Å². The van der Waals surface area contributed by atoms with Gasteiger partial charge in [-0.15, -0.1) is 0 Å². The highest BCUT2D eigenvalue weighted by molar-refractivity contribution is 9.10. The summed E-state index contributed by atoms with van der Waals surface area (Å²) in [5.74, 6) is -0.783. The molecule has 1 unspecified atom stereocenters. The summed E-state index contributed by atoms with van der Waals surface area (Å²) >= 11 is 3.31. The van der Waals surface area contributed by atoms with Crippen molar-refractivity contribution in [1.29, 1.82) is 0 Å². The molecule has 1 heterocycles. The number of hydrogen-bond donors (Lipinski definition) is 2. The van der Waals surface area contributed by atoms with Gasteiger partial charge in [0, 0.05) is 17.6 Å². The van der Waals surface area contributed by atoms with Gasteiger partial charge in [-0.25, -0.2) is 0 Å². The second-order valence-electron chi connectivity index (χ2n) is 4.78. The minimum Gasteiger partial charge on any atom is -0.497 e. The number of halogens is 1. The van der Waals surface area contributed by atoms with Gasteiger partial charge in [-0.2, -0.15) is 0 Å². The number of likely N-dealkylation sites (tertiary alicyclic amines) is 1.